The minimum atomic E-state index is 0.123. The van der Waals surface area contributed by atoms with Crippen molar-refractivity contribution in [2.24, 2.45) is 5.92 Å². The quantitative estimate of drug-likeness (QED) is 0.278. The summed E-state index contributed by atoms with van der Waals surface area (Å²) in [4.78, 5) is 13.1. The van der Waals surface area contributed by atoms with Crippen LogP contribution in [0.15, 0.2) is 35.1 Å². The maximum Gasteiger partial charge on any atom is 0.196 e. The highest BCUT2D eigenvalue weighted by Gasteiger charge is 2.16. The molecule has 0 N–H and O–H groups in total. The first-order chi connectivity index (χ1) is 13.6. The zero-order valence-corrected chi connectivity index (χ0v) is 18.5. The van der Waals surface area contributed by atoms with E-state index in [4.69, 9.17) is 4.74 Å². The van der Waals surface area contributed by atoms with Crippen LogP contribution >= 0.6 is 11.3 Å². The van der Waals surface area contributed by atoms with Crippen molar-refractivity contribution < 1.29 is 4.74 Å². The molecular formula is C25H32O2S. The van der Waals surface area contributed by atoms with Crippen LogP contribution in [-0.2, 0) is 0 Å². The molecule has 3 heteroatoms. The lowest BCUT2D eigenvalue weighted by Crippen LogP contribution is -2.13. The summed E-state index contributed by atoms with van der Waals surface area (Å²) in [6.07, 6.45) is 7.55. The summed E-state index contributed by atoms with van der Waals surface area (Å²) >= 11 is 1.69. The number of aryl methyl sites for hydroxylation is 2. The number of rotatable bonds is 9. The van der Waals surface area contributed by atoms with Gasteiger partial charge in [0.2, 0.25) is 0 Å². The number of fused-ring (bicyclic) bond motifs is 2. The Morgan fingerprint density at radius 1 is 1.04 bits per heavy atom. The van der Waals surface area contributed by atoms with Crippen molar-refractivity contribution in [2.75, 3.05) is 6.61 Å². The highest BCUT2D eigenvalue weighted by Crippen LogP contribution is 2.34. The molecule has 1 atom stereocenters. The van der Waals surface area contributed by atoms with Crippen molar-refractivity contribution in [1.29, 1.82) is 0 Å². The van der Waals surface area contributed by atoms with Crippen LogP contribution in [0.25, 0.3) is 20.2 Å². The Balaban J connectivity index is 1.88. The summed E-state index contributed by atoms with van der Waals surface area (Å²) in [5.41, 5.74) is 2.23. The minimum absolute atomic E-state index is 0.123. The van der Waals surface area contributed by atoms with Crippen molar-refractivity contribution in [3.63, 3.8) is 0 Å². The Kier molecular flexibility index (Phi) is 7.12. The molecule has 0 spiro atoms. The zero-order valence-electron chi connectivity index (χ0n) is 17.6. The van der Waals surface area contributed by atoms with Gasteiger partial charge in [-0.1, -0.05) is 58.1 Å². The van der Waals surface area contributed by atoms with Crippen molar-refractivity contribution in [2.45, 2.75) is 66.2 Å². The van der Waals surface area contributed by atoms with Gasteiger partial charge in [-0.2, -0.15) is 0 Å². The second-order valence-electron chi connectivity index (χ2n) is 7.88. The molecule has 0 amide bonds. The summed E-state index contributed by atoms with van der Waals surface area (Å²) < 4.78 is 8.42. The van der Waals surface area contributed by atoms with Crippen LogP contribution in [0.2, 0.25) is 0 Å². The fourth-order valence-electron chi connectivity index (χ4n) is 3.98. The summed E-state index contributed by atoms with van der Waals surface area (Å²) in [6, 6.07) is 10.0. The topological polar surface area (TPSA) is 26.3 Å². The second-order valence-corrected chi connectivity index (χ2v) is 8.97. The standard InChI is InChI=1S/C25H32O2S/c1-5-7-8-9-12-19(6-2)16-27-25-17(3)15-22-23(18(25)4)24(26)20-13-10-11-14-21(20)28-22/h10-11,13-15,19H,5-9,12,16H2,1-4H3. The fourth-order valence-corrected chi connectivity index (χ4v) is 5.21. The van der Waals surface area contributed by atoms with Crippen LogP contribution in [0.5, 0.6) is 5.75 Å². The van der Waals surface area contributed by atoms with Gasteiger partial charge in [-0.15, -0.1) is 11.3 Å². The van der Waals surface area contributed by atoms with E-state index in [9.17, 15) is 4.79 Å². The van der Waals surface area contributed by atoms with Crippen molar-refractivity contribution in [1.82, 2.24) is 0 Å². The lowest BCUT2D eigenvalue weighted by Gasteiger charge is -2.19. The molecule has 0 aliphatic carbocycles. The minimum Gasteiger partial charge on any atom is -0.493 e. The Morgan fingerprint density at radius 2 is 1.82 bits per heavy atom. The third-order valence-corrected chi connectivity index (χ3v) is 6.87. The molecule has 0 bridgehead atoms. The van der Waals surface area contributed by atoms with E-state index in [2.05, 4.69) is 26.8 Å². The molecule has 3 rings (SSSR count). The Morgan fingerprint density at radius 3 is 2.57 bits per heavy atom. The van der Waals surface area contributed by atoms with Gasteiger partial charge in [0.05, 0.1) is 6.61 Å². The van der Waals surface area contributed by atoms with Gasteiger partial charge in [-0.3, -0.25) is 4.79 Å². The molecule has 0 saturated heterocycles. The fraction of sp³-hybridized carbons (Fsp3) is 0.480. The molecule has 0 aliphatic rings. The molecule has 28 heavy (non-hydrogen) atoms. The molecule has 2 aromatic carbocycles. The van der Waals surface area contributed by atoms with Crippen LogP contribution < -0.4 is 10.2 Å². The van der Waals surface area contributed by atoms with E-state index in [1.807, 2.05) is 31.2 Å². The highest BCUT2D eigenvalue weighted by molar-refractivity contribution is 7.24. The van der Waals surface area contributed by atoms with E-state index >= 15 is 0 Å². The lowest BCUT2D eigenvalue weighted by molar-refractivity contribution is 0.230. The van der Waals surface area contributed by atoms with Crippen molar-refractivity contribution >= 4 is 31.5 Å². The zero-order chi connectivity index (χ0) is 20.1. The third-order valence-electron chi connectivity index (χ3n) is 5.75. The molecule has 0 radical (unpaired) electrons. The van der Waals surface area contributed by atoms with Crippen LogP contribution in [-0.4, -0.2) is 6.61 Å². The Labute approximate surface area is 172 Å². The molecule has 1 aromatic heterocycles. The van der Waals surface area contributed by atoms with E-state index in [-0.39, 0.29) is 5.43 Å². The first kappa shape index (κ1) is 20.9. The molecule has 0 aliphatic heterocycles. The summed E-state index contributed by atoms with van der Waals surface area (Å²) in [5.74, 6) is 1.48. The molecule has 3 aromatic rings. The summed E-state index contributed by atoms with van der Waals surface area (Å²) in [5, 5.41) is 1.63. The smallest absolute Gasteiger partial charge is 0.196 e. The first-order valence-electron chi connectivity index (χ1n) is 10.6. The second kappa shape index (κ2) is 9.56. The van der Waals surface area contributed by atoms with Gasteiger partial charge in [0.1, 0.15) is 5.75 Å². The van der Waals surface area contributed by atoms with E-state index in [0.717, 1.165) is 50.1 Å². The first-order valence-corrected chi connectivity index (χ1v) is 11.5. The van der Waals surface area contributed by atoms with Gasteiger partial charge in [-0.05, 0) is 49.9 Å². The van der Waals surface area contributed by atoms with E-state index in [1.54, 1.807) is 11.3 Å². The predicted octanol–water partition coefficient (Wildman–Crippen LogP) is 7.41. The monoisotopic (exact) mass is 396 g/mol. The maximum absolute atomic E-state index is 13.1. The Bertz CT molecular complexity index is 1000. The van der Waals surface area contributed by atoms with E-state index < -0.39 is 0 Å². The van der Waals surface area contributed by atoms with Crippen molar-refractivity contribution in [3.8, 4) is 5.75 Å². The molecule has 2 nitrogen and oxygen atoms in total. The van der Waals surface area contributed by atoms with E-state index in [0.29, 0.717) is 5.92 Å². The molecular weight excluding hydrogens is 364 g/mol. The SMILES string of the molecule is CCCCCCC(CC)COc1c(C)cc2sc3ccccc3c(=O)c2c1C. The number of hydrogen-bond acceptors (Lipinski definition) is 3. The number of unbranched alkanes of at least 4 members (excludes halogenated alkanes) is 3. The molecule has 0 saturated carbocycles. The van der Waals surface area contributed by atoms with Gasteiger partial charge in [-0.25, -0.2) is 0 Å². The van der Waals surface area contributed by atoms with E-state index in [1.165, 1.54) is 32.1 Å². The van der Waals surface area contributed by atoms with Crippen LogP contribution in [0.1, 0.15) is 63.5 Å². The van der Waals surface area contributed by atoms with Crippen molar-refractivity contribution in [3.05, 3.63) is 51.7 Å². The molecule has 150 valence electrons. The summed E-state index contributed by atoms with van der Waals surface area (Å²) in [6.45, 7) is 9.37. The van der Waals surface area contributed by atoms with Gasteiger partial charge in [0.25, 0.3) is 0 Å². The summed E-state index contributed by atoms with van der Waals surface area (Å²) in [7, 11) is 0. The van der Waals surface area contributed by atoms with Gasteiger partial charge < -0.3 is 4.74 Å². The molecule has 1 heterocycles. The maximum atomic E-state index is 13.1. The largest absolute Gasteiger partial charge is 0.493 e. The van der Waals surface area contributed by atoms with Gasteiger partial charge >= 0.3 is 0 Å². The number of benzene rings is 2. The number of hydrogen-bond donors (Lipinski definition) is 0. The van der Waals surface area contributed by atoms with Gasteiger partial charge in [0, 0.05) is 25.7 Å². The Hall–Kier alpha value is -1.87. The average Bonchev–Trinajstić information content (AvgIpc) is 2.69. The normalized spacial score (nSPS) is 12.6. The highest BCUT2D eigenvalue weighted by atomic mass is 32.1. The average molecular weight is 397 g/mol. The third kappa shape index (κ3) is 4.41. The predicted molar refractivity (Wildman–Crippen MR) is 123 cm³/mol. The molecule has 1 unspecified atom stereocenters. The van der Waals surface area contributed by atoms with Crippen LogP contribution in [0.3, 0.4) is 0 Å². The van der Waals surface area contributed by atoms with Gasteiger partial charge in [0.15, 0.2) is 5.43 Å². The van der Waals surface area contributed by atoms with Crippen LogP contribution in [0, 0.1) is 19.8 Å². The number of ether oxygens (including phenoxy) is 1. The van der Waals surface area contributed by atoms with Crippen LogP contribution in [0.4, 0.5) is 0 Å². The molecule has 0 fully saturated rings. The lowest BCUT2D eigenvalue weighted by atomic mass is 9.99.